The lowest BCUT2D eigenvalue weighted by atomic mass is 10.1. The maximum absolute atomic E-state index is 10.1. The van der Waals surface area contributed by atoms with Crippen molar-refractivity contribution in [3.05, 3.63) is 38.8 Å². The van der Waals surface area contributed by atoms with E-state index in [1.165, 1.54) is 4.88 Å². The van der Waals surface area contributed by atoms with E-state index >= 15 is 0 Å². The van der Waals surface area contributed by atoms with Gasteiger partial charge in [0.2, 0.25) is 0 Å². The van der Waals surface area contributed by atoms with Crippen LogP contribution >= 0.6 is 27.3 Å². The molecule has 0 saturated heterocycles. The molecule has 1 unspecified atom stereocenters. The molecule has 2 rings (SSSR count). The Kier molecular flexibility index (Phi) is 4.36. The Hall–Kier alpha value is -0.650. The van der Waals surface area contributed by atoms with Crippen LogP contribution in [-0.2, 0) is 13.5 Å². The fourth-order valence-corrected chi connectivity index (χ4v) is 3.22. The Labute approximate surface area is 113 Å². The lowest BCUT2D eigenvalue weighted by molar-refractivity contribution is 0.154. The van der Waals surface area contributed by atoms with Crippen molar-refractivity contribution >= 4 is 27.3 Å². The SMILES string of the molecule is Cn1ncc(Br)c1C(O)CCCc1cccs1. The maximum atomic E-state index is 10.1. The van der Waals surface area contributed by atoms with Crippen LogP contribution in [0.4, 0.5) is 0 Å². The van der Waals surface area contributed by atoms with Crippen LogP contribution in [0.3, 0.4) is 0 Å². The second-order valence-electron chi connectivity index (χ2n) is 3.99. The van der Waals surface area contributed by atoms with Gasteiger partial charge < -0.3 is 5.11 Å². The Balaban J connectivity index is 1.87. The molecule has 5 heteroatoms. The van der Waals surface area contributed by atoms with Crippen molar-refractivity contribution in [3.8, 4) is 0 Å². The smallest absolute Gasteiger partial charge is 0.0968 e. The second-order valence-corrected chi connectivity index (χ2v) is 5.88. The number of aromatic nitrogens is 2. The number of aliphatic hydroxyl groups excluding tert-OH is 1. The summed E-state index contributed by atoms with van der Waals surface area (Å²) in [6, 6.07) is 4.20. The summed E-state index contributed by atoms with van der Waals surface area (Å²) in [6.45, 7) is 0. The van der Waals surface area contributed by atoms with E-state index in [4.69, 9.17) is 0 Å². The number of rotatable bonds is 5. The van der Waals surface area contributed by atoms with Crippen LogP contribution in [-0.4, -0.2) is 14.9 Å². The molecule has 0 spiro atoms. The largest absolute Gasteiger partial charge is 0.387 e. The van der Waals surface area contributed by atoms with Crippen LogP contribution in [0.5, 0.6) is 0 Å². The number of aliphatic hydroxyl groups is 1. The maximum Gasteiger partial charge on any atom is 0.0968 e. The molecule has 0 saturated carbocycles. The molecule has 1 N–H and O–H groups in total. The van der Waals surface area contributed by atoms with E-state index in [2.05, 4.69) is 38.5 Å². The van der Waals surface area contributed by atoms with Crippen molar-refractivity contribution < 1.29 is 5.11 Å². The summed E-state index contributed by atoms with van der Waals surface area (Å²) in [5, 5.41) is 16.3. The van der Waals surface area contributed by atoms with E-state index in [-0.39, 0.29) is 0 Å². The molecule has 3 nitrogen and oxygen atoms in total. The number of aryl methyl sites for hydroxylation is 2. The summed E-state index contributed by atoms with van der Waals surface area (Å²) in [7, 11) is 1.85. The standard InChI is InChI=1S/C12H15BrN2OS/c1-15-12(10(13)8-14-15)11(16)6-2-4-9-5-3-7-17-9/h3,5,7-8,11,16H,2,4,6H2,1H3. The third-order valence-corrected chi connectivity index (χ3v) is 4.28. The summed E-state index contributed by atoms with van der Waals surface area (Å²) in [4.78, 5) is 1.38. The van der Waals surface area contributed by atoms with E-state index in [1.807, 2.05) is 7.05 Å². The monoisotopic (exact) mass is 314 g/mol. The van der Waals surface area contributed by atoms with Crippen LogP contribution in [0, 0.1) is 0 Å². The van der Waals surface area contributed by atoms with Gasteiger partial charge in [-0.25, -0.2) is 0 Å². The molecule has 92 valence electrons. The summed E-state index contributed by atoms with van der Waals surface area (Å²) in [5.74, 6) is 0. The lowest BCUT2D eigenvalue weighted by Crippen LogP contribution is -2.06. The average Bonchev–Trinajstić information content (AvgIpc) is 2.89. The first-order valence-corrected chi connectivity index (χ1v) is 7.23. The molecular formula is C12H15BrN2OS. The first kappa shape index (κ1) is 12.8. The van der Waals surface area contributed by atoms with E-state index in [9.17, 15) is 5.11 Å². The van der Waals surface area contributed by atoms with Gasteiger partial charge in [-0.1, -0.05) is 6.07 Å². The van der Waals surface area contributed by atoms with Gasteiger partial charge in [0.1, 0.15) is 0 Å². The number of nitrogens with zero attached hydrogens (tertiary/aromatic N) is 2. The van der Waals surface area contributed by atoms with E-state index < -0.39 is 6.10 Å². The minimum atomic E-state index is -0.447. The molecule has 0 aliphatic heterocycles. The molecule has 0 aliphatic carbocycles. The van der Waals surface area contributed by atoms with Crippen LogP contribution in [0.2, 0.25) is 0 Å². The van der Waals surface area contributed by atoms with Gasteiger partial charge in [-0.05, 0) is 46.6 Å². The predicted octanol–water partition coefficient (Wildman–Crippen LogP) is 3.30. The van der Waals surface area contributed by atoms with Gasteiger partial charge >= 0.3 is 0 Å². The molecule has 0 fully saturated rings. The highest BCUT2D eigenvalue weighted by Crippen LogP contribution is 2.26. The van der Waals surface area contributed by atoms with E-state index in [1.54, 1.807) is 22.2 Å². The fourth-order valence-electron chi connectivity index (χ4n) is 1.86. The zero-order valence-corrected chi connectivity index (χ0v) is 12.0. The van der Waals surface area contributed by atoms with Crippen LogP contribution < -0.4 is 0 Å². The summed E-state index contributed by atoms with van der Waals surface area (Å²) < 4.78 is 2.60. The molecule has 17 heavy (non-hydrogen) atoms. The number of halogens is 1. The highest BCUT2D eigenvalue weighted by atomic mass is 79.9. The van der Waals surface area contributed by atoms with E-state index in [0.29, 0.717) is 0 Å². The highest BCUT2D eigenvalue weighted by Gasteiger charge is 2.15. The molecule has 0 bridgehead atoms. The van der Waals surface area contributed by atoms with Crippen molar-refractivity contribution in [2.45, 2.75) is 25.4 Å². The van der Waals surface area contributed by atoms with Gasteiger partial charge in [0.25, 0.3) is 0 Å². The molecule has 0 aromatic carbocycles. The zero-order valence-electron chi connectivity index (χ0n) is 9.64. The molecule has 0 aliphatic rings. The van der Waals surface area contributed by atoms with Gasteiger partial charge in [-0.3, -0.25) is 4.68 Å². The number of hydrogen-bond donors (Lipinski definition) is 1. The van der Waals surface area contributed by atoms with Gasteiger partial charge in [0, 0.05) is 11.9 Å². The molecule has 1 atom stereocenters. The van der Waals surface area contributed by atoms with Crippen LogP contribution in [0.1, 0.15) is 29.5 Å². The molecule has 0 radical (unpaired) electrons. The summed E-state index contributed by atoms with van der Waals surface area (Å²) in [6.07, 6.45) is 4.05. The average molecular weight is 315 g/mol. The second kappa shape index (κ2) is 5.80. The van der Waals surface area contributed by atoms with Crippen LogP contribution in [0.25, 0.3) is 0 Å². The third kappa shape index (κ3) is 3.18. The molecule has 2 aromatic heterocycles. The highest BCUT2D eigenvalue weighted by molar-refractivity contribution is 9.10. The summed E-state index contributed by atoms with van der Waals surface area (Å²) >= 11 is 5.18. The normalized spacial score (nSPS) is 12.9. The van der Waals surface area contributed by atoms with Gasteiger partial charge in [-0.2, -0.15) is 5.10 Å². The minimum absolute atomic E-state index is 0.447. The van der Waals surface area contributed by atoms with Gasteiger partial charge in [0.05, 0.1) is 22.5 Å². The van der Waals surface area contributed by atoms with Gasteiger partial charge in [0.15, 0.2) is 0 Å². The minimum Gasteiger partial charge on any atom is -0.387 e. The first-order chi connectivity index (χ1) is 8.18. The number of hydrogen-bond acceptors (Lipinski definition) is 3. The quantitative estimate of drug-likeness (QED) is 0.919. The fraction of sp³-hybridized carbons (Fsp3) is 0.417. The Morgan fingerprint density at radius 3 is 3.00 bits per heavy atom. The van der Waals surface area contributed by atoms with E-state index in [0.717, 1.165) is 29.4 Å². The molecule has 0 amide bonds. The van der Waals surface area contributed by atoms with Crippen molar-refractivity contribution in [3.63, 3.8) is 0 Å². The van der Waals surface area contributed by atoms with Crippen molar-refractivity contribution in [2.24, 2.45) is 7.05 Å². The number of thiophene rings is 1. The zero-order chi connectivity index (χ0) is 12.3. The van der Waals surface area contributed by atoms with Crippen LogP contribution in [0.15, 0.2) is 28.2 Å². The van der Waals surface area contributed by atoms with Crippen molar-refractivity contribution in [2.75, 3.05) is 0 Å². The lowest BCUT2D eigenvalue weighted by Gasteiger charge is -2.11. The third-order valence-electron chi connectivity index (χ3n) is 2.73. The van der Waals surface area contributed by atoms with Crippen molar-refractivity contribution in [1.29, 1.82) is 0 Å². The Morgan fingerprint density at radius 2 is 2.41 bits per heavy atom. The van der Waals surface area contributed by atoms with Crippen molar-refractivity contribution in [1.82, 2.24) is 9.78 Å². The molecular weight excluding hydrogens is 300 g/mol. The Bertz CT molecular complexity index is 447. The predicted molar refractivity (Wildman–Crippen MR) is 73.1 cm³/mol. The molecule has 2 aromatic rings. The van der Waals surface area contributed by atoms with Gasteiger partial charge in [-0.15, -0.1) is 11.3 Å². The Morgan fingerprint density at radius 1 is 1.59 bits per heavy atom. The molecule has 2 heterocycles. The summed E-state index contributed by atoms with van der Waals surface area (Å²) in [5.41, 5.74) is 0.858. The topological polar surface area (TPSA) is 38.0 Å². The first-order valence-electron chi connectivity index (χ1n) is 5.56.